The fourth-order valence-corrected chi connectivity index (χ4v) is 1.28. The second kappa shape index (κ2) is 6.80. The lowest BCUT2D eigenvalue weighted by molar-refractivity contribution is 0.411. The van der Waals surface area contributed by atoms with Gasteiger partial charge in [-0.2, -0.15) is 0 Å². The molecule has 0 amide bonds. The summed E-state index contributed by atoms with van der Waals surface area (Å²) in [5.74, 6) is 6.18. The van der Waals surface area contributed by atoms with E-state index in [2.05, 4.69) is 15.7 Å². The molecule has 100 valence electrons. The summed E-state index contributed by atoms with van der Waals surface area (Å²) in [5.41, 5.74) is 2.96. The van der Waals surface area contributed by atoms with Gasteiger partial charge in [-0.25, -0.2) is 10.2 Å². The number of anilines is 1. The van der Waals surface area contributed by atoms with Crippen LogP contribution in [-0.2, 0) is 0 Å². The first-order valence-electron chi connectivity index (χ1n) is 5.67. The Morgan fingerprint density at radius 2 is 2.17 bits per heavy atom. The van der Waals surface area contributed by atoms with Gasteiger partial charge in [0.25, 0.3) is 0 Å². The predicted octanol–water partition coefficient (Wildman–Crippen LogP) is 1.72. The van der Waals surface area contributed by atoms with Crippen LogP contribution in [0.2, 0.25) is 0 Å². The Labute approximate surface area is 106 Å². The minimum absolute atomic E-state index is 0.386. The number of guanidine groups is 1. The molecule has 0 spiro atoms. The van der Waals surface area contributed by atoms with Crippen LogP contribution in [0.25, 0.3) is 0 Å². The van der Waals surface area contributed by atoms with Crippen LogP contribution >= 0.6 is 0 Å². The number of nitrogens with zero attached hydrogens (tertiary/aromatic N) is 1. The number of rotatable bonds is 4. The van der Waals surface area contributed by atoms with Crippen LogP contribution in [0.1, 0.15) is 13.8 Å². The summed E-state index contributed by atoms with van der Waals surface area (Å²) in [6, 6.07) is 4.29. The lowest BCUT2D eigenvalue weighted by atomic mass is 10.2. The Hall–Kier alpha value is -1.82. The molecule has 0 unspecified atom stereocenters. The molecule has 0 atom stereocenters. The van der Waals surface area contributed by atoms with Crippen LogP contribution in [-0.4, -0.2) is 19.6 Å². The van der Waals surface area contributed by atoms with Gasteiger partial charge in [-0.05, 0) is 12.0 Å². The number of methoxy groups -OCH3 is 1. The third kappa shape index (κ3) is 4.58. The van der Waals surface area contributed by atoms with Crippen molar-refractivity contribution in [3.8, 4) is 5.75 Å². The molecule has 5 nitrogen and oxygen atoms in total. The predicted molar refractivity (Wildman–Crippen MR) is 71.0 cm³/mol. The molecule has 0 aliphatic rings. The summed E-state index contributed by atoms with van der Waals surface area (Å²) in [7, 11) is 1.48. The van der Waals surface area contributed by atoms with Crippen molar-refractivity contribution in [2.45, 2.75) is 13.8 Å². The fraction of sp³-hybridized carbons (Fsp3) is 0.417. The molecule has 0 fully saturated rings. The minimum atomic E-state index is -0.392. The van der Waals surface area contributed by atoms with Gasteiger partial charge in [-0.1, -0.05) is 13.8 Å². The highest BCUT2D eigenvalue weighted by atomic mass is 19.1. The second-order valence-electron chi connectivity index (χ2n) is 4.23. The maximum Gasteiger partial charge on any atom is 0.210 e. The molecule has 1 aromatic carbocycles. The number of hydrogen-bond donors (Lipinski definition) is 3. The van der Waals surface area contributed by atoms with Crippen molar-refractivity contribution in [2.75, 3.05) is 19.0 Å². The van der Waals surface area contributed by atoms with E-state index in [4.69, 9.17) is 10.6 Å². The molecular weight excluding hydrogens is 235 g/mol. The van der Waals surface area contributed by atoms with Gasteiger partial charge in [0.1, 0.15) is 11.6 Å². The van der Waals surface area contributed by atoms with E-state index in [-0.39, 0.29) is 0 Å². The monoisotopic (exact) mass is 254 g/mol. The zero-order chi connectivity index (χ0) is 13.5. The number of hydrazine groups is 1. The third-order valence-corrected chi connectivity index (χ3v) is 2.12. The number of hydrogen-bond acceptors (Lipinski definition) is 3. The van der Waals surface area contributed by atoms with Crippen molar-refractivity contribution in [1.29, 1.82) is 0 Å². The number of nitrogens with two attached hydrogens (primary N) is 1. The van der Waals surface area contributed by atoms with Gasteiger partial charge in [-0.3, -0.25) is 10.4 Å². The molecule has 0 radical (unpaired) electrons. The lowest BCUT2D eigenvalue weighted by Crippen LogP contribution is -2.36. The van der Waals surface area contributed by atoms with E-state index in [0.717, 1.165) is 0 Å². The summed E-state index contributed by atoms with van der Waals surface area (Å²) in [6.45, 7) is 4.71. The zero-order valence-corrected chi connectivity index (χ0v) is 10.8. The minimum Gasteiger partial charge on any atom is -0.497 e. The smallest absolute Gasteiger partial charge is 0.210 e. The van der Waals surface area contributed by atoms with Crippen LogP contribution < -0.4 is 21.3 Å². The Morgan fingerprint density at radius 1 is 1.44 bits per heavy atom. The highest BCUT2D eigenvalue weighted by Crippen LogP contribution is 2.19. The van der Waals surface area contributed by atoms with Gasteiger partial charge >= 0.3 is 0 Å². The quantitative estimate of drug-likeness (QED) is 0.331. The largest absolute Gasteiger partial charge is 0.497 e. The van der Waals surface area contributed by atoms with E-state index in [1.807, 2.05) is 13.8 Å². The second-order valence-corrected chi connectivity index (χ2v) is 4.23. The highest BCUT2D eigenvalue weighted by molar-refractivity contribution is 5.93. The van der Waals surface area contributed by atoms with Gasteiger partial charge in [0.2, 0.25) is 5.96 Å². The van der Waals surface area contributed by atoms with Crippen molar-refractivity contribution in [2.24, 2.45) is 16.8 Å². The third-order valence-electron chi connectivity index (χ3n) is 2.12. The standard InChI is InChI=1S/C12H19FN4O/c1-8(2)7-15-12(17-14)16-10-4-9(13)5-11(6-10)18-3/h4-6,8H,7,14H2,1-3H3,(H2,15,16,17). The number of halogens is 1. The highest BCUT2D eigenvalue weighted by Gasteiger charge is 2.03. The Kier molecular flexibility index (Phi) is 5.38. The number of nitrogens with one attached hydrogen (secondary N) is 2. The molecule has 0 bridgehead atoms. The van der Waals surface area contributed by atoms with Crippen molar-refractivity contribution in [3.63, 3.8) is 0 Å². The number of benzene rings is 1. The number of ether oxygens (including phenoxy) is 1. The van der Waals surface area contributed by atoms with Crippen molar-refractivity contribution >= 4 is 11.6 Å². The molecule has 6 heteroatoms. The summed E-state index contributed by atoms with van der Waals surface area (Å²) in [4.78, 5) is 4.23. The van der Waals surface area contributed by atoms with Crippen molar-refractivity contribution in [3.05, 3.63) is 24.0 Å². The van der Waals surface area contributed by atoms with E-state index < -0.39 is 5.82 Å². The Morgan fingerprint density at radius 3 is 2.72 bits per heavy atom. The first kappa shape index (κ1) is 14.2. The molecule has 0 saturated heterocycles. The Balaban J connectivity index is 2.81. The molecule has 1 aromatic rings. The van der Waals surface area contributed by atoms with E-state index >= 15 is 0 Å². The van der Waals surface area contributed by atoms with Gasteiger partial charge in [0.05, 0.1) is 7.11 Å². The summed E-state index contributed by atoms with van der Waals surface area (Å²) < 4.78 is 18.2. The average Bonchev–Trinajstić information content (AvgIpc) is 2.33. The molecule has 0 saturated carbocycles. The summed E-state index contributed by atoms with van der Waals surface area (Å²) in [6.07, 6.45) is 0. The number of aliphatic imine (C=N–C) groups is 1. The van der Waals surface area contributed by atoms with Crippen LogP contribution in [0.15, 0.2) is 23.2 Å². The van der Waals surface area contributed by atoms with Crippen LogP contribution in [0.4, 0.5) is 10.1 Å². The summed E-state index contributed by atoms with van der Waals surface area (Å²) >= 11 is 0. The van der Waals surface area contributed by atoms with E-state index in [1.165, 1.54) is 19.2 Å². The van der Waals surface area contributed by atoms with Gasteiger partial charge in [-0.15, -0.1) is 0 Å². The lowest BCUT2D eigenvalue weighted by Gasteiger charge is -2.11. The first-order valence-corrected chi connectivity index (χ1v) is 5.67. The van der Waals surface area contributed by atoms with Crippen molar-refractivity contribution < 1.29 is 9.13 Å². The van der Waals surface area contributed by atoms with Crippen LogP contribution in [0.5, 0.6) is 5.75 Å². The molecule has 18 heavy (non-hydrogen) atoms. The fourth-order valence-electron chi connectivity index (χ4n) is 1.28. The summed E-state index contributed by atoms with van der Waals surface area (Å²) in [5, 5.41) is 2.89. The molecule has 0 aliphatic carbocycles. The molecule has 0 heterocycles. The van der Waals surface area contributed by atoms with Gasteiger partial charge in [0.15, 0.2) is 0 Å². The SMILES string of the molecule is COc1cc(F)cc(NC(=NCC(C)C)NN)c1. The van der Waals surface area contributed by atoms with Crippen molar-refractivity contribution in [1.82, 2.24) is 5.43 Å². The molecule has 0 aromatic heterocycles. The Bertz CT molecular complexity index is 421. The van der Waals surface area contributed by atoms with Crippen LogP contribution in [0, 0.1) is 11.7 Å². The van der Waals surface area contributed by atoms with E-state index in [1.54, 1.807) is 6.07 Å². The zero-order valence-electron chi connectivity index (χ0n) is 10.8. The molecule has 4 N–H and O–H groups in total. The first-order chi connectivity index (χ1) is 8.55. The van der Waals surface area contributed by atoms with Crippen LogP contribution in [0.3, 0.4) is 0 Å². The maximum absolute atomic E-state index is 13.3. The maximum atomic E-state index is 13.3. The molecule has 1 rings (SSSR count). The normalized spacial score (nSPS) is 11.6. The topological polar surface area (TPSA) is 71.7 Å². The average molecular weight is 254 g/mol. The van der Waals surface area contributed by atoms with Gasteiger partial charge < -0.3 is 10.1 Å². The van der Waals surface area contributed by atoms with Gasteiger partial charge in [0, 0.05) is 24.4 Å². The van der Waals surface area contributed by atoms with E-state index in [9.17, 15) is 4.39 Å². The molecular formula is C12H19FN4O. The van der Waals surface area contributed by atoms with E-state index in [0.29, 0.717) is 29.9 Å². The molecule has 0 aliphatic heterocycles.